The summed E-state index contributed by atoms with van der Waals surface area (Å²) in [6.45, 7) is 0. The number of halogens is 2. The smallest absolute Gasteiger partial charge is 0.162 e. The van der Waals surface area contributed by atoms with Gasteiger partial charge in [-0.15, -0.1) is 0 Å². The van der Waals surface area contributed by atoms with Crippen molar-refractivity contribution in [3.8, 4) is 0 Å². The van der Waals surface area contributed by atoms with E-state index in [-0.39, 0.29) is 0 Å². The van der Waals surface area contributed by atoms with Crippen LogP contribution < -0.4 is 5.32 Å². The number of benzene rings is 1. The van der Waals surface area contributed by atoms with E-state index in [4.69, 9.17) is 0 Å². The van der Waals surface area contributed by atoms with Crippen LogP contribution in [0.25, 0.3) is 0 Å². The van der Waals surface area contributed by atoms with Crippen molar-refractivity contribution in [2.24, 2.45) is 5.92 Å². The highest BCUT2D eigenvalue weighted by Gasteiger charge is 2.27. The van der Waals surface area contributed by atoms with Crippen molar-refractivity contribution in [2.45, 2.75) is 12.5 Å². The molecule has 1 heterocycles. The van der Waals surface area contributed by atoms with Gasteiger partial charge in [0.25, 0.3) is 0 Å². The predicted molar refractivity (Wildman–Crippen MR) is 63.7 cm³/mol. The topological polar surface area (TPSA) is 12.0 Å². The predicted octanol–water partition coefficient (Wildman–Crippen LogP) is 2.46. The van der Waals surface area contributed by atoms with Crippen molar-refractivity contribution in [3.63, 3.8) is 0 Å². The highest BCUT2D eigenvalue weighted by Crippen LogP contribution is 2.28. The van der Waals surface area contributed by atoms with Crippen LogP contribution in [0.2, 0.25) is 0 Å². The largest absolute Gasteiger partial charge is 0.316 e. The normalized spacial score (nSPS) is 24.9. The molecular formula is C12H15F2NS. The molecule has 4 heteroatoms. The number of nitrogens with one attached hydrogen (secondary N) is 1. The SMILES string of the molecule is CNC1CSCC1Cc1cccc(F)c1F. The third-order valence-corrected chi connectivity index (χ3v) is 4.34. The Bertz CT molecular complexity index is 370. The lowest BCUT2D eigenvalue weighted by molar-refractivity contribution is 0.435. The van der Waals surface area contributed by atoms with Crippen molar-refractivity contribution < 1.29 is 8.78 Å². The number of hydrogen-bond acceptors (Lipinski definition) is 2. The summed E-state index contributed by atoms with van der Waals surface area (Å²) in [5.74, 6) is 1.03. The monoisotopic (exact) mass is 243 g/mol. The maximum absolute atomic E-state index is 13.5. The van der Waals surface area contributed by atoms with Gasteiger partial charge in [0, 0.05) is 11.8 Å². The van der Waals surface area contributed by atoms with Gasteiger partial charge in [-0.3, -0.25) is 0 Å². The van der Waals surface area contributed by atoms with E-state index >= 15 is 0 Å². The summed E-state index contributed by atoms with van der Waals surface area (Å²) in [5.41, 5.74) is 0.493. The molecule has 1 aromatic carbocycles. The minimum Gasteiger partial charge on any atom is -0.316 e. The van der Waals surface area contributed by atoms with Gasteiger partial charge in [-0.2, -0.15) is 11.8 Å². The van der Waals surface area contributed by atoms with Gasteiger partial charge in [0.2, 0.25) is 0 Å². The van der Waals surface area contributed by atoms with Gasteiger partial charge >= 0.3 is 0 Å². The quantitative estimate of drug-likeness (QED) is 0.875. The van der Waals surface area contributed by atoms with Crippen molar-refractivity contribution in [2.75, 3.05) is 18.6 Å². The Balaban J connectivity index is 2.11. The van der Waals surface area contributed by atoms with E-state index in [0.717, 1.165) is 17.6 Å². The fourth-order valence-corrected chi connectivity index (χ4v) is 3.59. The van der Waals surface area contributed by atoms with Crippen LogP contribution in [-0.4, -0.2) is 24.6 Å². The molecule has 2 rings (SSSR count). The van der Waals surface area contributed by atoms with Crippen LogP contribution in [0.4, 0.5) is 8.78 Å². The van der Waals surface area contributed by atoms with Gasteiger partial charge in [-0.1, -0.05) is 12.1 Å². The summed E-state index contributed by atoms with van der Waals surface area (Å²) in [7, 11) is 1.92. The van der Waals surface area contributed by atoms with Gasteiger partial charge in [0.05, 0.1) is 0 Å². The maximum atomic E-state index is 13.5. The first-order valence-electron chi connectivity index (χ1n) is 5.40. The number of thioether (sulfide) groups is 1. The first kappa shape index (κ1) is 11.9. The zero-order chi connectivity index (χ0) is 11.5. The molecule has 0 spiro atoms. The number of rotatable bonds is 3. The Kier molecular flexibility index (Phi) is 3.82. The van der Waals surface area contributed by atoms with Gasteiger partial charge in [0.15, 0.2) is 11.6 Å². The van der Waals surface area contributed by atoms with Crippen LogP contribution >= 0.6 is 11.8 Å². The molecule has 2 unspecified atom stereocenters. The minimum atomic E-state index is -0.746. The molecule has 0 aromatic heterocycles. The lowest BCUT2D eigenvalue weighted by Crippen LogP contribution is -2.33. The molecule has 1 aliphatic heterocycles. The molecule has 16 heavy (non-hydrogen) atoms. The summed E-state index contributed by atoms with van der Waals surface area (Å²) in [6.07, 6.45) is 0.613. The van der Waals surface area contributed by atoms with Crippen LogP contribution in [0.5, 0.6) is 0 Å². The summed E-state index contributed by atoms with van der Waals surface area (Å²) in [5, 5.41) is 3.23. The molecule has 1 N–H and O–H groups in total. The number of hydrogen-bond donors (Lipinski definition) is 1. The lowest BCUT2D eigenvalue weighted by atomic mass is 9.95. The molecule has 88 valence electrons. The highest BCUT2D eigenvalue weighted by atomic mass is 32.2. The molecule has 1 aromatic rings. The molecule has 2 atom stereocenters. The maximum Gasteiger partial charge on any atom is 0.162 e. The van der Waals surface area contributed by atoms with E-state index in [1.165, 1.54) is 0 Å². The molecule has 1 aliphatic rings. The fourth-order valence-electron chi connectivity index (χ4n) is 2.11. The standard InChI is InChI=1S/C12H15F2NS/c1-15-11-7-16-6-9(11)5-8-3-2-4-10(13)12(8)14/h2-4,9,11,15H,5-7H2,1H3. The second kappa shape index (κ2) is 5.15. The summed E-state index contributed by atoms with van der Waals surface area (Å²) in [4.78, 5) is 0. The molecule has 1 fully saturated rings. The van der Waals surface area contributed by atoms with Gasteiger partial charge < -0.3 is 5.32 Å². The first-order valence-corrected chi connectivity index (χ1v) is 6.55. The summed E-state index contributed by atoms with van der Waals surface area (Å²) >= 11 is 1.87. The zero-order valence-electron chi connectivity index (χ0n) is 9.17. The van der Waals surface area contributed by atoms with E-state index < -0.39 is 11.6 Å². The van der Waals surface area contributed by atoms with Crippen molar-refractivity contribution in [3.05, 3.63) is 35.4 Å². The third-order valence-electron chi connectivity index (χ3n) is 3.08. The lowest BCUT2D eigenvalue weighted by Gasteiger charge is -2.18. The van der Waals surface area contributed by atoms with E-state index in [0.29, 0.717) is 23.9 Å². The van der Waals surface area contributed by atoms with Gasteiger partial charge in [0.1, 0.15) is 0 Å². The van der Waals surface area contributed by atoms with Crippen molar-refractivity contribution in [1.29, 1.82) is 0 Å². The van der Waals surface area contributed by atoms with Crippen LogP contribution in [0.1, 0.15) is 5.56 Å². The van der Waals surface area contributed by atoms with Crippen LogP contribution in [0.3, 0.4) is 0 Å². The molecule has 0 radical (unpaired) electrons. The molecule has 1 saturated heterocycles. The minimum absolute atomic E-state index is 0.395. The van der Waals surface area contributed by atoms with E-state index in [1.807, 2.05) is 18.8 Å². The molecule has 0 bridgehead atoms. The fraction of sp³-hybridized carbons (Fsp3) is 0.500. The second-order valence-corrected chi connectivity index (χ2v) is 5.18. The van der Waals surface area contributed by atoms with Gasteiger partial charge in [-0.25, -0.2) is 8.78 Å². The average molecular weight is 243 g/mol. The first-order chi connectivity index (χ1) is 7.72. The Morgan fingerprint density at radius 3 is 2.94 bits per heavy atom. The Hall–Kier alpha value is -0.610. The van der Waals surface area contributed by atoms with Crippen LogP contribution in [-0.2, 0) is 6.42 Å². The van der Waals surface area contributed by atoms with Crippen molar-refractivity contribution >= 4 is 11.8 Å². The van der Waals surface area contributed by atoms with Crippen LogP contribution in [0.15, 0.2) is 18.2 Å². The van der Waals surface area contributed by atoms with Crippen molar-refractivity contribution in [1.82, 2.24) is 5.32 Å². The summed E-state index contributed by atoms with van der Waals surface area (Å²) < 4.78 is 26.5. The Labute approximate surface area is 98.6 Å². The Morgan fingerprint density at radius 1 is 1.38 bits per heavy atom. The molecule has 1 nitrogen and oxygen atoms in total. The molecule has 0 amide bonds. The molecule has 0 aliphatic carbocycles. The highest BCUT2D eigenvalue weighted by molar-refractivity contribution is 7.99. The Morgan fingerprint density at radius 2 is 2.19 bits per heavy atom. The van der Waals surface area contributed by atoms with Gasteiger partial charge in [-0.05, 0) is 36.8 Å². The second-order valence-electron chi connectivity index (χ2n) is 4.11. The van der Waals surface area contributed by atoms with E-state index in [9.17, 15) is 8.78 Å². The third kappa shape index (κ3) is 2.38. The molecular weight excluding hydrogens is 228 g/mol. The molecule has 0 saturated carbocycles. The van der Waals surface area contributed by atoms with E-state index in [1.54, 1.807) is 12.1 Å². The van der Waals surface area contributed by atoms with E-state index in [2.05, 4.69) is 5.32 Å². The van der Waals surface area contributed by atoms with Crippen LogP contribution in [0, 0.1) is 17.6 Å². The average Bonchev–Trinajstić information content (AvgIpc) is 2.72. The zero-order valence-corrected chi connectivity index (χ0v) is 9.99. The summed E-state index contributed by atoms with van der Waals surface area (Å²) in [6, 6.07) is 4.82.